The van der Waals surface area contributed by atoms with Gasteiger partial charge in [-0.1, -0.05) is 42.5 Å². The molecule has 3 amide bonds. The van der Waals surface area contributed by atoms with Crippen LogP contribution in [-0.2, 0) is 9.53 Å². The molecule has 2 aromatic carbocycles. The maximum atomic E-state index is 13.3. The molecule has 0 aromatic heterocycles. The number of nitrogens with zero attached hydrogens (tertiary/aromatic N) is 1. The minimum Gasteiger partial charge on any atom is -0.383 e. The average molecular weight is 373 g/mol. The van der Waals surface area contributed by atoms with E-state index in [2.05, 4.69) is 10.6 Å². The molecule has 2 aromatic rings. The van der Waals surface area contributed by atoms with E-state index < -0.39 is 11.9 Å². The normalized spacial score (nSPS) is 11.9. The van der Waals surface area contributed by atoms with E-state index >= 15 is 0 Å². The van der Waals surface area contributed by atoms with Crippen molar-refractivity contribution in [3.8, 4) is 0 Å². The van der Waals surface area contributed by atoms with Crippen molar-refractivity contribution in [2.45, 2.75) is 6.04 Å². The van der Waals surface area contributed by atoms with Crippen LogP contribution in [0, 0.1) is 5.82 Å². The molecule has 144 valence electrons. The highest BCUT2D eigenvalue weighted by molar-refractivity contribution is 5.95. The standard InChI is InChI=1S/C20H24FN3O3/c1-24(14-18(25)23-20(26)22-12-13-27-2)19(15-6-4-3-5-7-15)16-8-10-17(21)11-9-16/h3-11,19H,12-14H2,1-2H3,(H2,22,23,25,26). The van der Waals surface area contributed by atoms with Crippen molar-refractivity contribution < 1.29 is 18.7 Å². The van der Waals surface area contributed by atoms with Crippen molar-refractivity contribution in [2.75, 3.05) is 33.9 Å². The number of likely N-dealkylation sites (N-methyl/N-ethyl adjacent to an activating group) is 1. The minimum absolute atomic E-state index is 0.00532. The lowest BCUT2D eigenvalue weighted by atomic mass is 9.97. The molecule has 0 bridgehead atoms. The first-order valence-corrected chi connectivity index (χ1v) is 8.58. The van der Waals surface area contributed by atoms with E-state index in [1.807, 2.05) is 30.3 Å². The number of amides is 3. The number of carbonyl (C=O) groups is 2. The number of urea groups is 1. The lowest BCUT2D eigenvalue weighted by Gasteiger charge is -2.28. The Kier molecular flexibility index (Phi) is 7.91. The lowest BCUT2D eigenvalue weighted by Crippen LogP contribution is -2.45. The average Bonchev–Trinajstić information content (AvgIpc) is 2.64. The number of halogens is 1. The van der Waals surface area contributed by atoms with E-state index in [0.29, 0.717) is 13.2 Å². The third-order valence-corrected chi connectivity index (χ3v) is 3.98. The summed E-state index contributed by atoms with van der Waals surface area (Å²) in [4.78, 5) is 25.7. The summed E-state index contributed by atoms with van der Waals surface area (Å²) in [5.74, 6) is -0.755. The van der Waals surface area contributed by atoms with Crippen LogP contribution in [0.4, 0.5) is 9.18 Å². The Hall–Kier alpha value is -2.77. The summed E-state index contributed by atoms with van der Waals surface area (Å²) in [6.45, 7) is 0.671. The van der Waals surface area contributed by atoms with Gasteiger partial charge in [0, 0.05) is 13.7 Å². The van der Waals surface area contributed by atoms with Crippen molar-refractivity contribution in [3.05, 3.63) is 71.5 Å². The summed E-state index contributed by atoms with van der Waals surface area (Å²) in [6.07, 6.45) is 0. The van der Waals surface area contributed by atoms with Gasteiger partial charge in [0.2, 0.25) is 5.91 Å². The third-order valence-electron chi connectivity index (χ3n) is 3.98. The van der Waals surface area contributed by atoms with Crippen LogP contribution in [0.15, 0.2) is 54.6 Å². The molecule has 7 heteroatoms. The van der Waals surface area contributed by atoms with Crippen molar-refractivity contribution in [1.82, 2.24) is 15.5 Å². The Labute approximate surface area is 158 Å². The first-order valence-electron chi connectivity index (χ1n) is 8.58. The molecule has 6 nitrogen and oxygen atoms in total. The van der Waals surface area contributed by atoms with E-state index in [0.717, 1.165) is 11.1 Å². The molecule has 2 N–H and O–H groups in total. The molecule has 0 aliphatic rings. The van der Waals surface area contributed by atoms with Crippen molar-refractivity contribution in [3.63, 3.8) is 0 Å². The summed E-state index contributed by atoms with van der Waals surface area (Å²) in [6, 6.07) is 15.0. The summed E-state index contributed by atoms with van der Waals surface area (Å²) in [5.41, 5.74) is 1.81. The fourth-order valence-corrected chi connectivity index (χ4v) is 2.78. The number of hydrogen-bond donors (Lipinski definition) is 2. The topological polar surface area (TPSA) is 70.7 Å². The maximum Gasteiger partial charge on any atom is 0.321 e. The number of benzene rings is 2. The van der Waals surface area contributed by atoms with Crippen LogP contribution in [0.25, 0.3) is 0 Å². The zero-order valence-corrected chi connectivity index (χ0v) is 15.4. The smallest absolute Gasteiger partial charge is 0.321 e. The number of carbonyl (C=O) groups excluding carboxylic acids is 2. The predicted octanol–water partition coefficient (Wildman–Crippen LogP) is 2.32. The molecule has 0 aliphatic carbocycles. The Morgan fingerprint density at radius 2 is 1.70 bits per heavy atom. The van der Waals surface area contributed by atoms with Gasteiger partial charge in [0.15, 0.2) is 0 Å². The molecule has 0 aliphatic heterocycles. The molecular weight excluding hydrogens is 349 g/mol. The molecule has 0 radical (unpaired) electrons. The highest BCUT2D eigenvalue weighted by Crippen LogP contribution is 2.27. The van der Waals surface area contributed by atoms with E-state index in [1.54, 1.807) is 24.1 Å². The second kappa shape index (κ2) is 10.4. The Morgan fingerprint density at radius 3 is 2.33 bits per heavy atom. The largest absolute Gasteiger partial charge is 0.383 e. The molecule has 0 heterocycles. The van der Waals surface area contributed by atoms with Gasteiger partial charge in [-0.3, -0.25) is 15.0 Å². The van der Waals surface area contributed by atoms with Gasteiger partial charge in [0.25, 0.3) is 0 Å². The van der Waals surface area contributed by atoms with Gasteiger partial charge < -0.3 is 10.1 Å². The van der Waals surface area contributed by atoms with E-state index in [4.69, 9.17) is 4.74 Å². The number of hydrogen-bond acceptors (Lipinski definition) is 4. The first kappa shape index (κ1) is 20.5. The quantitative estimate of drug-likeness (QED) is 0.697. The molecule has 2 rings (SSSR count). The highest BCUT2D eigenvalue weighted by Gasteiger charge is 2.22. The van der Waals surface area contributed by atoms with Gasteiger partial charge in [0.1, 0.15) is 5.82 Å². The third kappa shape index (κ3) is 6.47. The molecule has 0 spiro atoms. The summed E-state index contributed by atoms with van der Waals surface area (Å²) in [7, 11) is 3.31. The molecular formula is C20H24FN3O3. The van der Waals surface area contributed by atoms with Crippen LogP contribution in [0.2, 0.25) is 0 Å². The maximum absolute atomic E-state index is 13.3. The Balaban J connectivity index is 2.08. The van der Waals surface area contributed by atoms with E-state index in [-0.39, 0.29) is 18.4 Å². The molecule has 27 heavy (non-hydrogen) atoms. The highest BCUT2D eigenvalue weighted by atomic mass is 19.1. The second-order valence-corrected chi connectivity index (χ2v) is 6.08. The molecule has 1 unspecified atom stereocenters. The number of imide groups is 1. The van der Waals surface area contributed by atoms with Gasteiger partial charge in [-0.2, -0.15) is 0 Å². The number of rotatable bonds is 8. The monoisotopic (exact) mass is 373 g/mol. The SMILES string of the molecule is COCCNC(=O)NC(=O)CN(C)C(c1ccccc1)c1ccc(F)cc1. The van der Waals surface area contributed by atoms with E-state index in [1.165, 1.54) is 19.2 Å². The Morgan fingerprint density at radius 1 is 1.07 bits per heavy atom. The molecule has 0 saturated carbocycles. The van der Waals surface area contributed by atoms with Crippen LogP contribution in [0.1, 0.15) is 17.2 Å². The van der Waals surface area contributed by atoms with Crippen LogP contribution >= 0.6 is 0 Å². The van der Waals surface area contributed by atoms with Gasteiger partial charge in [-0.05, 0) is 30.3 Å². The predicted molar refractivity (Wildman–Crippen MR) is 101 cm³/mol. The zero-order chi connectivity index (χ0) is 19.6. The molecule has 0 fully saturated rings. The van der Waals surface area contributed by atoms with Crippen LogP contribution in [0.3, 0.4) is 0 Å². The van der Waals surface area contributed by atoms with Crippen molar-refractivity contribution in [1.29, 1.82) is 0 Å². The van der Waals surface area contributed by atoms with Gasteiger partial charge >= 0.3 is 6.03 Å². The first-order chi connectivity index (χ1) is 13.0. The van der Waals surface area contributed by atoms with Crippen LogP contribution in [-0.4, -0.2) is 50.7 Å². The summed E-state index contributed by atoms with van der Waals surface area (Å²) < 4.78 is 18.1. The van der Waals surface area contributed by atoms with Crippen LogP contribution < -0.4 is 10.6 Å². The summed E-state index contributed by atoms with van der Waals surface area (Å²) in [5, 5.41) is 4.82. The minimum atomic E-state index is -0.566. The molecule has 1 atom stereocenters. The fourth-order valence-electron chi connectivity index (χ4n) is 2.78. The summed E-state index contributed by atoms with van der Waals surface area (Å²) >= 11 is 0. The van der Waals surface area contributed by atoms with Crippen molar-refractivity contribution in [2.24, 2.45) is 0 Å². The number of nitrogens with one attached hydrogen (secondary N) is 2. The van der Waals surface area contributed by atoms with E-state index in [9.17, 15) is 14.0 Å². The lowest BCUT2D eigenvalue weighted by molar-refractivity contribution is -0.121. The van der Waals surface area contributed by atoms with Gasteiger partial charge in [-0.25, -0.2) is 9.18 Å². The zero-order valence-electron chi connectivity index (χ0n) is 15.4. The Bertz CT molecular complexity index is 738. The van der Waals surface area contributed by atoms with Crippen LogP contribution in [0.5, 0.6) is 0 Å². The van der Waals surface area contributed by atoms with Crippen molar-refractivity contribution >= 4 is 11.9 Å². The van der Waals surface area contributed by atoms with Gasteiger partial charge in [-0.15, -0.1) is 0 Å². The number of ether oxygens (including phenoxy) is 1. The second-order valence-electron chi connectivity index (χ2n) is 6.08. The molecule has 0 saturated heterocycles. The number of methoxy groups -OCH3 is 1. The fraction of sp³-hybridized carbons (Fsp3) is 0.300. The van der Waals surface area contributed by atoms with Gasteiger partial charge in [0.05, 0.1) is 19.2 Å².